The molecule has 0 aromatic rings. The van der Waals surface area contributed by atoms with Crippen molar-refractivity contribution in [1.29, 1.82) is 0 Å². The normalized spacial score (nSPS) is 34.0. The maximum absolute atomic E-state index is 6.67. The molecule has 0 aliphatic carbocycles. The van der Waals surface area contributed by atoms with Crippen LogP contribution in [0.25, 0.3) is 0 Å². The molecule has 1 atom stereocenters. The van der Waals surface area contributed by atoms with Gasteiger partial charge >= 0.3 is 0 Å². The second-order valence-corrected chi connectivity index (χ2v) is 13.3. The molecule has 0 aromatic heterocycles. The molecule has 2 fully saturated rings. The Morgan fingerprint density at radius 2 is 1.47 bits per heavy atom. The van der Waals surface area contributed by atoms with Gasteiger partial charge in [-0.25, -0.2) is 0 Å². The molecule has 0 nitrogen and oxygen atoms in total. The lowest BCUT2D eigenvalue weighted by atomic mass is 9.26. The topological polar surface area (TPSA) is 0 Å². The largest absolute Gasteiger partial charge is 0.168 e. The quantitative estimate of drug-likeness (QED) is 0.474. The molecule has 2 heterocycles. The van der Waals surface area contributed by atoms with Crippen molar-refractivity contribution in [1.82, 2.24) is 0 Å². The Hall–Kier alpha value is 0.572. The fourth-order valence-electron chi connectivity index (χ4n) is 4.00. The summed E-state index contributed by atoms with van der Waals surface area (Å²) in [5.74, 6) is 2.05. The predicted octanol–water partition coefficient (Wildman–Crippen LogP) is 4.96. The Balaban J connectivity index is 2.12. The summed E-state index contributed by atoms with van der Waals surface area (Å²) in [5, 5.41) is 0. The first kappa shape index (κ1) is 12.0. The van der Waals surface area contributed by atoms with Crippen LogP contribution in [0, 0.1) is 0 Å². The number of fused-ring (bicyclic) bond motifs is 2. The number of hydrogen-bond acceptors (Lipinski definition) is 0. The predicted molar refractivity (Wildman–Crippen MR) is 73.7 cm³/mol. The second kappa shape index (κ2) is 4.45. The molecule has 0 saturated carbocycles. The van der Waals surface area contributed by atoms with Crippen molar-refractivity contribution in [2.75, 3.05) is 0 Å². The molecule has 0 radical (unpaired) electrons. The van der Waals surface area contributed by atoms with Crippen molar-refractivity contribution >= 4 is 25.2 Å². The standard InChI is InChI=1S/C12H24BClSi/c1-10(15(2,3)14)13-11-6-4-7-12(13)9-5-8-11/h10-12H,4-9H2,1-3H3. The van der Waals surface area contributed by atoms with Crippen LogP contribution in [-0.2, 0) is 0 Å². The van der Waals surface area contributed by atoms with Crippen LogP contribution in [0.4, 0.5) is 0 Å². The van der Waals surface area contributed by atoms with Crippen LogP contribution in [0.5, 0.6) is 0 Å². The molecule has 3 heteroatoms. The fraction of sp³-hybridized carbons (Fsp3) is 1.00. The third-order valence-electron chi connectivity index (χ3n) is 5.05. The molecule has 86 valence electrons. The maximum Gasteiger partial charge on any atom is 0.147 e. The fourth-order valence-corrected chi connectivity index (χ4v) is 5.90. The van der Waals surface area contributed by atoms with Crippen LogP contribution in [0.3, 0.4) is 0 Å². The highest BCUT2D eigenvalue weighted by atomic mass is 35.6. The maximum atomic E-state index is 6.67. The van der Waals surface area contributed by atoms with Crippen LogP contribution < -0.4 is 0 Å². The van der Waals surface area contributed by atoms with Crippen molar-refractivity contribution in [3.63, 3.8) is 0 Å². The minimum atomic E-state index is -1.44. The summed E-state index contributed by atoms with van der Waals surface area (Å²) in [6, 6.07) is 0. The van der Waals surface area contributed by atoms with Crippen LogP contribution in [0.2, 0.25) is 30.2 Å². The van der Waals surface area contributed by atoms with Gasteiger partial charge in [0.2, 0.25) is 0 Å². The number of rotatable bonds is 2. The van der Waals surface area contributed by atoms with Gasteiger partial charge in [0.15, 0.2) is 0 Å². The molecular formula is C12H24BClSi. The van der Waals surface area contributed by atoms with Gasteiger partial charge in [-0.15, -0.1) is 0 Å². The van der Waals surface area contributed by atoms with Crippen LogP contribution in [0.15, 0.2) is 0 Å². The van der Waals surface area contributed by atoms with Crippen molar-refractivity contribution in [3.05, 3.63) is 0 Å². The first-order valence-corrected chi connectivity index (χ1v) is 10.8. The zero-order chi connectivity index (χ0) is 11.1. The minimum absolute atomic E-state index is 0.815. The van der Waals surface area contributed by atoms with Crippen molar-refractivity contribution in [2.24, 2.45) is 0 Å². The second-order valence-electron chi connectivity index (χ2n) is 6.31. The lowest BCUT2D eigenvalue weighted by molar-refractivity contribution is 0.440. The van der Waals surface area contributed by atoms with E-state index in [1.807, 2.05) is 0 Å². The van der Waals surface area contributed by atoms with E-state index in [-0.39, 0.29) is 0 Å². The molecule has 2 bridgehead atoms. The van der Waals surface area contributed by atoms with Gasteiger partial charge in [0.1, 0.15) is 14.1 Å². The van der Waals surface area contributed by atoms with E-state index < -0.39 is 7.38 Å². The molecule has 2 aliphatic heterocycles. The van der Waals surface area contributed by atoms with Gasteiger partial charge in [-0.05, 0) is 0 Å². The molecule has 15 heavy (non-hydrogen) atoms. The first-order chi connectivity index (χ1) is 7.00. The van der Waals surface area contributed by atoms with Crippen molar-refractivity contribution in [2.45, 2.75) is 75.6 Å². The highest BCUT2D eigenvalue weighted by Gasteiger charge is 2.46. The first-order valence-electron chi connectivity index (χ1n) is 6.69. The van der Waals surface area contributed by atoms with Crippen LogP contribution in [0.1, 0.15) is 45.4 Å². The molecule has 2 aliphatic rings. The van der Waals surface area contributed by atoms with E-state index >= 15 is 0 Å². The van der Waals surface area contributed by atoms with Gasteiger partial charge < -0.3 is 0 Å². The molecule has 0 N–H and O–H groups in total. The monoisotopic (exact) mass is 242 g/mol. The lowest BCUT2D eigenvalue weighted by Gasteiger charge is -2.45. The highest BCUT2D eigenvalue weighted by Crippen LogP contribution is 2.52. The summed E-state index contributed by atoms with van der Waals surface area (Å²) in [6.45, 7) is 8.10. The van der Waals surface area contributed by atoms with Crippen LogP contribution >= 0.6 is 11.1 Å². The Morgan fingerprint density at radius 1 is 1.07 bits per heavy atom. The van der Waals surface area contributed by atoms with Gasteiger partial charge in [0.05, 0.1) is 0 Å². The lowest BCUT2D eigenvalue weighted by Crippen LogP contribution is -2.45. The van der Waals surface area contributed by atoms with Gasteiger partial charge in [-0.2, -0.15) is 11.1 Å². The summed E-state index contributed by atoms with van der Waals surface area (Å²) in [4.78, 5) is 0. The smallest absolute Gasteiger partial charge is 0.147 e. The molecule has 1 unspecified atom stereocenters. The van der Waals surface area contributed by atoms with Gasteiger partial charge in [-0.1, -0.05) is 75.6 Å². The Morgan fingerprint density at radius 3 is 1.80 bits per heavy atom. The van der Waals surface area contributed by atoms with E-state index in [0.717, 1.165) is 23.8 Å². The van der Waals surface area contributed by atoms with E-state index in [2.05, 4.69) is 20.0 Å². The van der Waals surface area contributed by atoms with Crippen LogP contribution in [-0.4, -0.2) is 14.1 Å². The van der Waals surface area contributed by atoms with E-state index in [1.54, 1.807) is 0 Å². The van der Waals surface area contributed by atoms with Crippen molar-refractivity contribution < 1.29 is 0 Å². The summed E-state index contributed by atoms with van der Waals surface area (Å²) < 4.78 is 0. The third kappa shape index (κ3) is 2.46. The van der Waals surface area contributed by atoms with Gasteiger partial charge in [0.25, 0.3) is 0 Å². The van der Waals surface area contributed by atoms with Gasteiger partial charge in [0, 0.05) is 0 Å². The molecule has 2 saturated heterocycles. The molecular weight excluding hydrogens is 218 g/mol. The molecule has 0 aromatic carbocycles. The average molecular weight is 243 g/mol. The summed E-state index contributed by atoms with van der Waals surface area (Å²) in [6.07, 6.45) is 8.95. The number of halogens is 1. The summed E-state index contributed by atoms with van der Waals surface area (Å²) in [7, 11) is -1.44. The highest BCUT2D eigenvalue weighted by molar-refractivity contribution is 7.23. The van der Waals surface area contributed by atoms with Gasteiger partial charge in [-0.3, -0.25) is 0 Å². The van der Waals surface area contributed by atoms with Crippen molar-refractivity contribution in [3.8, 4) is 0 Å². The summed E-state index contributed by atoms with van der Waals surface area (Å²) >= 11 is 6.67. The zero-order valence-electron chi connectivity index (χ0n) is 10.4. The zero-order valence-corrected chi connectivity index (χ0v) is 12.2. The number of hydrogen-bond donors (Lipinski definition) is 0. The molecule has 0 amide bonds. The van der Waals surface area contributed by atoms with E-state index in [1.165, 1.54) is 38.5 Å². The minimum Gasteiger partial charge on any atom is -0.168 e. The SMILES string of the molecule is CC(B1C2CCCC1CCC2)[Si](C)(C)Cl. The Labute approximate surface area is 101 Å². The van der Waals surface area contributed by atoms with E-state index in [4.69, 9.17) is 11.1 Å². The molecule has 0 spiro atoms. The Kier molecular flexibility index (Phi) is 3.57. The Bertz CT molecular complexity index is 204. The molecule has 2 rings (SSSR count). The van der Waals surface area contributed by atoms with E-state index in [0.29, 0.717) is 0 Å². The van der Waals surface area contributed by atoms with E-state index in [9.17, 15) is 0 Å². The summed E-state index contributed by atoms with van der Waals surface area (Å²) in [5.41, 5.74) is 0.815. The third-order valence-corrected chi connectivity index (χ3v) is 8.63. The average Bonchev–Trinajstić information content (AvgIpc) is 2.14.